The Labute approximate surface area is 175 Å². The summed E-state index contributed by atoms with van der Waals surface area (Å²) in [4.78, 5) is 19.0. The Bertz CT molecular complexity index is 911. The molecule has 2 aromatic heterocycles. The Kier molecular flexibility index (Phi) is 6.17. The number of hydrogen-bond donors (Lipinski definition) is 3. The molecule has 9 heteroatoms. The Balaban J connectivity index is 1.39. The molecule has 2 aromatic rings. The molecule has 2 aliphatic rings. The summed E-state index contributed by atoms with van der Waals surface area (Å²) in [7, 11) is 0. The highest BCUT2D eigenvalue weighted by molar-refractivity contribution is 7.71. The molecule has 0 atom stereocenters. The Morgan fingerprint density at radius 1 is 1.31 bits per heavy atom. The largest absolute Gasteiger partial charge is 0.348 e. The van der Waals surface area contributed by atoms with Gasteiger partial charge >= 0.3 is 0 Å². The summed E-state index contributed by atoms with van der Waals surface area (Å²) in [6.45, 7) is 9.77. The monoisotopic (exact) mass is 415 g/mol. The van der Waals surface area contributed by atoms with Gasteiger partial charge in [0.2, 0.25) is 4.77 Å². The highest BCUT2D eigenvalue weighted by Crippen LogP contribution is 2.18. The van der Waals surface area contributed by atoms with Gasteiger partial charge < -0.3 is 15.1 Å². The van der Waals surface area contributed by atoms with Gasteiger partial charge in [0.15, 0.2) is 19.0 Å². The van der Waals surface area contributed by atoms with Crippen molar-refractivity contribution < 1.29 is 14.6 Å². The molecule has 0 bridgehead atoms. The first-order valence-electron chi connectivity index (χ1n) is 10.3. The van der Waals surface area contributed by atoms with Crippen LogP contribution in [0, 0.1) is 4.77 Å². The number of quaternary nitrogens is 2. The van der Waals surface area contributed by atoms with Gasteiger partial charge in [0.25, 0.3) is 5.91 Å². The average molecular weight is 416 g/mol. The number of rotatable bonds is 8. The van der Waals surface area contributed by atoms with Gasteiger partial charge in [-0.2, -0.15) is 4.68 Å². The topological polar surface area (TPSA) is 73.6 Å². The van der Waals surface area contributed by atoms with Crippen LogP contribution in [0.3, 0.4) is 0 Å². The maximum absolute atomic E-state index is 12.0. The number of carbonyl (C=O) groups excluding carboxylic acids is 1. The average Bonchev–Trinajstić information content (AvgIpc) is 3.49. The first-order chi connectivity index (χ1) is 14.1. The lowest BCUT2D eigenvalue weighted by molar-refractivity contribution is -1.02. The highest BCUT2D eigenvalue weighted by atomic mass is 32.1. The zero-order chi connectivity index (χ0) is 20.2. The van der Waals surface area contributed by atoms with E-state index in [1.807, 2.05) is 33.7 Å². The van der Waals surface area contributed by atoms with Gasteiger partial charge in [0, 0.05) is 30.5 Å². The van der Waals surface area contributed by atoms with Crippen LogP contribution < -0.4 is 15.1 Å². The molecule has 2 fully saturated rings. The molecule has 29 heavy (non-hydrogen) atoms. The minimum atomic E-state index is 0.192. The van der Waals surface area contributed by atoms with Crippen LogP contribution in [0.2, 0.25) is 0 Å². The number of amides is 1. The molecule has 3 heterocycles. The molecule has 3 N–H and O–H groups in total. The van der Waals surface area contributed by atoms with E-state index in [0.29, 0.717) is 23.9 Å². The van der Waals surface area contributed by atoms with Crippen molar-refractivity contribution in [2.24, 2.45) is 0 Å². The Morgan fingerprint density at radius 3 is 2.72 bits per heavy atom. The Hall–Kier alpha value is -2.36. The maximum Gasteiger partial charge on any atom is 0.275 e. The second kappa shape index (κ2) is 8.98. The highest BCUT2D eigenvalue weighted by Gasteiger charge is 2.28. The van der Waals surface area contributed by atoms with Gasteiger partial charge in [-0.25, -0.2) is 0 Å². The van der Waals surface area contributed by atoms with Crippen LogP contribution in [0.15, 0.2) is 37.2 Å². The zero-order valence-corrected chi connectivity index (χ0v) is 17.5. The van der Waals surface area contributed by atoms with Gasteiger partial charge in [-0.1, -0.05) is 6.08 Å². The molecular weight excluding hydrogens is 386 g/mol. The predicted molar refractivity (Wildman–Crippen MR) is 112 cm³/mol. The molecule has 0 unspecified atom stereocenters. The molecule has 0 spiro atoms. The van der Waals surface area contributed by atoms with E-state index in [9.17, 15) is 4.79 Å². The summed E-state index contributed by atoms with van der Waals surface area (Å²) in [5.74, 6) is 1.01. The molecule has 8 nitrogen and oxygen atoms in total. The van der Waals surface area contributed by atoms with E-state index in [0.717, 1.165) is 57.1 Å². The number of allylic oxidation sites excluding steroid dienone is 1. The fourth-order valence-corrected chi connectivity index (χ4v) is 4.05. The summed E-state index contributed by atoms with van der Waals surface area (Å²) >= 11 is 5.70. The lowest BCUT2D eigenvalue weighted by Gasteiger charge is -2.29. The van der Waals surface area contributed by atoms with Gasteiger partial charge in [0.05, 0.1) is 0 Å². The van der Waals surface area contributed by atoms with Gasteiger partial charge in [-0.05, 0) is 37.2 Å². The van der Waals surface area contributed by atoms with Crippen molar-refractivity contribution in [3.05, 3.63) is 42.0 Å². The molecule has 1 saturated carbocycles. The van der Waals surface area contributed by atoms with E-state index >= 15 is 0 Å². The van der Waals surface area contributed by atoms with E-state index in [-0.39, 0.29) is 5.91 Å². The van der Waals surface area contributed by atoms with Crippen molar-refractivity contribution in [3.63, 3.8) is 0 Å². The van der Waals surface area contributed by atoms with Crippen molar-refractivity contribution in [3.8, 4) is 11.4 Å². The first-order valence-corrected chi connectivity index (χ1v) is 10.7. The zero-order valence-electron chi connectivity index (χ0n) is 16.6. The second-order valence-corrected chi connectivity index (χ2v) is 8.29. The van der Waals surface area contributed by atoms with Crippen molar-refractivity contribution in [2.45, 2.75) is 32.1 Å². The van der Waals surface area contributed by atoms with Crippen LogP contribution in [0.1, 0.15) is 12.8 Å². The molecule has 0 aromatic carbocycles. The quantitative estimate of drug-likeness (QED) is 0.370. The smallest absolute Gasteiger partial charge is 0.275 e. The molecule has 1 aliphatic carbocycles. The van der Waals surface area contributed by atoms with Crippen LogP contribution in [0.25, 0.3) is 11.4 Å². The Morgan fingerprint density at radius 2 is 2.07 bits per heavy atom. The minimum absolute atomic E-state index is 0.192. The van der Waals surface area contributed by atoms with Crippen LogP contribution in [0.4, 0.5) is 0 Å². The van der Waals surface area contributed by atoms with E-state index in [4.69, 9.17) is 17.3 Å². The molecule has 154 valence electrons. The van der Waals surface area contributed by atoms with E-state index in [2.05, 4.69) is 16.9 Å². The summed E-state index contributed by atoms with van der Waals surface area (Å²) in [5.41, 5.74) is 0.949. The predicted octanol–water partition coefficient (Wildman–Crippen LogP) is -1.32. The number of piperazine rings is 1. The number of pyridine rings is 1. The van der Waals surface area contributed by atoms with E-state index in [1.165, 1.54) is 9.80 Å². The van der Waals surface area contributed by atoms with E-state index < -0.39 is 0 Å². The van der Waals surface area contributed by atoms with Gasteiger partial charge in [-0.3, -0.25) is 14.3 Å². The van der Waals surface area contributed by atoms with Gasteiger partial charge in [0.1, 0.15) is 26.2 Å². The number of nitrogens with zero attached hydrogens (tertiary/aromatic N) is 4. The number of carbonyl (C=O) groups is 1. The molecule has 1 aliphatic heterocycles. The van der Waals surface area contributed by atoms with E-state index in [1.54, 1.807) is 6.20 Å². The summed E-state index contributed by atoms with van der Waals surface area (Å²) in [6.07, 6.45) is 7.67. The summed E-state index contributed by atoms with van der Waals surface area (Å²) in [5, 5.41) is 7.88. The molecule has 0 radical (unpaired) electrons. The standard InChI is InChI=1S/C20H27N7OS/c1-2-8-26-19(16-4-3-7-21-13-16)23-27(20(26)29)15-25-11-9-24(10-12-25)14-18(28)22-17-5-6-17/h2-4,7,13,17H,1,5-6,8-12,14-15H2,(H,22,28)/p+2. The third-order valence-electron chi connectivity index (χ3n) is 5.54. The van der Waals surface area contributed by atoms with Crippen molar-refractivity contribution in [2.75, 3.05) is 32.7 Å². The fraction of sp³-hybridized carbons (Fsp3) is 0.500. The van der Waals surface area contributed by atoms with Gasteiger partial charge in [-0.15, -0.1) is 11.7 Å². The minimum Gasteiger partial charge on any atom is -0.348 e. The van der Waals surface area contributed by atoms with Crippen molar-refractivity contribution in [1.82, 2.24) is 24.6 Å². The lowest BCUT2D eigenvalue weighted by atomic mass is 10.3. The first kappa shape index (κ1) is 19.9. The van der Waals surface area contributed by atoms with Crippen LogP contribution in [-0.4, -0.2) is 64.0 Å². The lowest BCUT2D eigenvalue weighted by Crippen LogP contribution is -3.28. The molecular formula is C20H29N7OS+2. The number of nitrogens with one attached hydrogen (secondary N) is 3. The normalized spacial score (nSPS) is 21.7. The summed E-state index contributed by atoms with van der Waals surface area (Å²) in [6, 6.07) is 4.34. The molecule has 1 amide bonds. The van der Waals surface area contributed by atoms with Crippen LogP contribution in [0.5, 0.6) is 0 Å². The maximum atomic E-state index is 12.0. The third kappa shape index (κ3) is 4.98. The number of hydrogen-bond acceptors (Lipinski definition) is 4. The van der Waals surface area contributed by atoms with Crippen molar-refractivity contribution >= 4 is 18.1 Å². The van der Waals surface area contributed by atoms with Crippen molar-refractivity contribution in [1.29, 1.82) is 0 Å². The molecule has 4 rings (SSSR count). The van der Waals surface area contributed by atoms with Crippen LogP contribution in [-0.2, 0) is 18.0 Å². The third-order valence-corrected chi connectivity index (χ3v) is 5.98. The molecule has 1 saturated heterocycles. The fourth-order valence-electron chi connectivity index (χ4n) is 3.78. The second-order valence-electron chi connectivity index (χ2n) is 7.92. The summed E-state index contributed by atoms with van der Waals surface area (Å²) < 4.78 is 4.62. The SMILES string of the molecule is C=CCn1c(-c2cccnc2)nn(C[NH+]2CC[NH+](CC(=O)NC3CC3)CC2)c1=S. The van der Waals surface area contributed by atoms with Crippen LogP contribution >= 0.6 is 12.2 Å². The number of aromatic nitrogens is 4.